The van der Waals surface area contributed by atoms with Crippen molar-refractivity contribution in [2.24, 2.45) is 4.99 Å². The summed E-state index contributed by atoms with van der Waals surface area (Å²) in [5.41, 5.74) is 0.700. The van der Waals surface area contributed by atoms with Crippen molar-refractivity contribution >= 4 is 23.5 Å². The van der Waals surface area contributed by atoms with Gasteiger partial charge in [-0.05, 0) is 36.8 Å². The lowest BCUT2D eigenvalue weighted by Gasteiger charge is -2.06. The minimum atomic E-state index is -4.44. The summed E-state index contributed by atoms with van der Waals surface area (Å²) in [6.07, 6.45) is -0.0466. The van der Waals surface area contributed by atoms with Crippen molar-refractivity contribution in [2.75, 3.05) is 0 Å². The molecule has 0 N–H and O–H groups in total. The molecule has 1 aromatic carbocycles. The normalized spacial score (nSPS) is 11.8. The SMILES string of the molecule is Cc1nc(-c2cccnc2)sc1C(=O)N=Cc1cccc(C(F)(F)F)c1. The van der Waals surface area contributed by atoms with E-state index in [0.717, 1.165) is 23.9 Å². The van der Waals surface area contributed by atoms with Crippen LogP contribution in [0.2, 0.25) is 0 Å². The number of hydrogen-bond acceptors (Lipinski definition) is 4. The monoisotopic (exact) mass is 375 g/mol. The van der Waals surface area contributed by atoms with Crippen LogP contribution in [-0.4, -0.2) is 22.1 Å². The van der Waals surface area contributed by atoms with Gasteiger partial charge in [-0.1, -0.05) is 12.1 Å². The van der Waals surface area contributed by atoms with Gasteiger partial charge in [0.1, 0.15) is 9.88 Å². The minimum absolute atomic E-state index is 0.197. The molecule has 2 aromatic heterocycles. The van der Waals surface area contributed by atoms with Crippen LogP contribution in [0.1, 0.15) is 26.5 Å². The molecule has 132 valence electrons. The fourth-order valence-corrected chi connectivity index (χ4v) is 3.14. The average Bonchev–Trinajstić information content (AvgIpc) is 3.02. The van der Waals surface area contributed by atoms with E-state index >= 15 is 0 Å². The predicted molar refractivity (Wildman–Crippen MR) is 93.5 cm³/mol. The number of amides is 1. The summed E-state index contributed by atoms with van der Waals surface area (Å²) >= 11 is 1.17. The Morgan fingerprint density at radius 3 is 2.73 bits per heavy atom. The van der Waals surface area contributed by atoms with Crippen LogP contribution in [0.15, 0.2) is 53.8 Å². The van der Waals surface area contributed by atoms with Crippen molar-refractivity contribution in [1.82, 2.24) is 9.97 Å². The second-order valence-corrected chi connectivity index (χ2v) is 6.36. The first-order valence-corrected chi connectivity index (χ1v) is 8.30. The summed E-state index contributed by atoms with van der Waals surface area (Å²) in [6.45, 7) is 1.68. The van der Waals surface area contributed by atoms with Crippen LogP contribution in [0.5, 0.6) is 0 Å². The van der Waals surface area contributed by atoms with Crippen LogP contribution in [0.25, 0.3) is 10.6 Å². The van der Waals surface area contributed by atoms with Crippen LogP contribution in [0, 0.1) is 6.92 Å². The highest BCUT2D eigenvalue weighted by Crippen LogP contribution is 2.30. The molecule has 8 heteroatoms. The van der Waals surface area contributed by atoms with Gasteiger partial charge in [0, 0.05) is 24.2 Å². The lowest BCUT2D eigenvalue weighted by atomic mass is 10.1. The van der Waals surface area contributed by atoms with Gasteiger partial charge >= 0.3 is 6.18 Å². The molecule has 26 heavy (non-hydrogen) atoms. The highest BCUT2D eigenvalue weighted by atomic mass is 32.1. The van der Waals surface area contributed by atoms with Gasteiger partial charge < -0.3 is 0 Å². The molecule has 0 spiro atoms. The molecule has 0 fully saturated rings. The van der Waals surface area contributed by atoms with Crippen molar-refractivity contribution in [1.29, 1.82) is 0 Å². The van der Waals surface area contributed by atoms with E-state index < -0.39 is 17.6 Å². The zero-order chi connectivity index (χ0) is 18.7. The fourth-order valence-electron chi connectivity index (χ4n) is 2.19. The first kappa shape index (κ1) is 17.9. The summed E-state index contributed by atoms with van der Waals surface area (Å²) < 4.78 is 38.2. The Hall–Kier alpha value is -2.87. The van der Waals surface area contributed by atoms with E-state index in [0.29, 0.717) is 15.6 Å². The number of rotatable bonds is 3. The molecule has 0 radical (unpaired) electrons. The molecule has 2 heterocycles. The van der Waals surface area contributed by atoms with Crippen LogP contribution < -0.4 is 0 Å². The molecule has 0 aliphatic rings. The number of alkyl halides is 3. The number of nitrogens with zero attached hydrogens (tertiary/aromatic N) is 3. The topological polar surface area (TPSA) is 55.2 Å². The lowest BCUT2D eigenvalue weighted by Crippen LogP contribution is -2.05. The number of benzene rings is 1. The van der Waals surface area contributed by atoms with Gasteiger partial charge in [-0.3, -0.25) is 9.78 Å². The molecule has 3 rings (SSSR count). The molecule has 0 unspecified atom stereocenters. The third-order valence-corrected chi connectivity index (χ3v) is 4.64. The van der Waals surface area contributed by atoms with Gasteiger partial charge in [-0.2, -0.15) is 13.2 Å². The van der Waals surface area contributed by atoms with Crippen molar-refractivity contribution < 1.29 is 18.0 Å². The summed E-state index contributed by atoms with van der Waals surface area (Å²) in [5.74, 6) is -0.549. The molecule has 0 aliphatic heterocycles. The number of carbonyl (C=O) groups is 1. The number of pyridine rings is 1. The van der Waals surface area contributed by atoms with Gasteiger partial charge in [-0.15, -0.1) is 11.3 Å². The van der Waals surface area contributed by atoms with E-state index in [4.69, 9.17) is 0 Å². The number of thiazole rings is 1. The van der Waals surface area contributed by atoms with Gasteiger partial charge in [0.15, 0.2) is 0 Å². The zero-order valence-corrected chi connectivity index (χ0v) is 14.3. The number of hydrogen-bond donors (Lipinski definition) is 0. The molecular weight excluding hydrogens is 363 g/mol. The Morgan fingerprint density at radius 1 is 1.23 bits per heavy atom. The molecule has 4 nitrogen and oxygen atoms in total. The van der Waals surface area contributed by atoms with Crippen LogP contribution in [0.3, 0.4) is 0 Å². The van der Waals surface area contributed by atoms with E-state index in [1.165, 1.54) is 23.5 Å². The minimum Gasteiger partial charge on any atom is -0.266 e. The first-order chi connectivity index (χ1) is 12.3. The highest BCUT2D eigenvalue weighted by molar-refractivity contribution is 7.17. The van der Waals surface area contributed by atoms with Crippen molar-refractivity contribution in [3.8, 4) is 10.6 Å². The van der Waals surface area contributed by atoms with E-state index in [9.17, 15) is 18.0 Å². The van der Waals surface area contributed by atoms with Crippen LogP contribution in [-0.2, 0) is 6.18 Å². The zero-order valence-electron chi connectivity index (χ0n) is 13.5. The number of aliphatic imine (C=N–C) groups is 1. The maximum absolute atomic E-state index is 12.7. The van der Waals surface area contributed by atoms with Gasteiger partial charge in [0.25, 0.3) is 5.91 Å². The summed E-state index contributed by atoms with van der Waals surface area (Å²) in [7, 11) is 0. The van der Waals surface area contributed by atoms with Crippen molar-refractivity contribution in [3.63, 3.8) is 0 Å². The third-order valence-electron chi connectivity index (χ3n) is 3.44. The Morgan fingerprint density at radius 2 is 2.04 bits per heavy atom. The second kappa shape index (κ2) is 7.17. The Bertz CT molecular complexity index is 965. The van der Waals surface area contributed by atoms with E-state index in [1.54, 1.807) is 25.4 Å². The third kappa shape index (κ3) is 4.02. The van der Waals surface area contributed by atoms with Gasteiger partial charge in [0.05, 0.1) is 11.3 Å². The number of aryl methyl sites for hydroxylation is 1. The molecule has 3 aromatic rings. The molecule has 0 saturated heterocycles. The molecule has 0 atom stereocenters. The van der Waals surface area contributed by atoms with Crippen LogP contribution >= 0.6 is 11.3 Å². The summed E-state index contributed by atoms with van der Waals surface area (Å²) in [5, 5.41) is 0.633. The van der Waals surface area contributed by atoms with E-state index in [1.807, 2.05) is 6.07 Å². The highest BCUT2D eigenvalue weighted by Gasteiger charge is 2.30. The van der Waals surface area contributed by atoms with E-state index in [2.05, 4.69) is 15.0 Å². The number of carbonyl (C=O) groups excluding carboxylic acids is 1. The molecule has 0 aliphatic carbocycles. The lowest BCUT2D eigenvalue weighted by molar-refractivity contribution is -0.137. The fraction of sp³-hybridized carbons (Fsp3) is 0.111. The van der Waals surface area contributed by atoms with Crippen molar-refractivity contribution in [3.05, 3.63) is 70.5 Å². The van der Waals surface area contributed by atoms with Gasteiger partial charge in [-0.25, -0.2) is 9.98 Å². The standard InChI is InChI=1S/C18H12F3N3OS/c1-11-15(26-17(24-11)13-5-3-7-22-10-13)16(25)23-9-12-4-2-6-14(8-12)18(19,20)21/h2-10H,1H3. The Labute approximate surface area is 151 Å². The van der Waals surface area contributed by atoms with Crippen molar-refractivity contribution in [2.45, 2.75) is 13.1 Å². The van der Waals surface area contributed by atoms with E-state index in [-0.39, 0.29) is 5.56 Å². The largest absolute Gasteiger partial charge is 0.416 e. The molecule has 0 bridgehead atoms. The smallest absolute Gasteiger partial charge is 0.266 e. The van der Waals surface area contributed by atoms with Gasteiger partial charge in [0.2, 0.25) is 0 Å². The Kier molecular flexibility index (Phi) is 4.94. The summed E-state index contributed by atoms with van der Waals surface area (Å²) in [6, 6.07) is 8.22. The first-order valence-electron chi connectivity index (χ1n) is 7.48. The predicted octanol–water partition coefficient (Wildman–Crippen LogP) is 4.79. The summed E-state index contributed by atoms with van der Waals surface area (Å²) in [4.78, 5) is 24.8. The second-order valence-electron chi connectivity index (χ2n) is 5.36. The van der Waals surface area contributed by atoms with Crippen LogP contribution in [0.4, 0.5) is 13.2 Å². The molecular formula is C18H12F3N3OS. The maximum Gasteiger partial charge on any atom is 0.416 e. The number of halogens is 3. The molecule has 0 saturated carbocycles. The Balaban J connectivity index is 1.83. The average molecular weight is 375 g/mol. The quantitative estimate of drug-likeness (QED) is 0.619. The maximum atomic E-state index is 12.7. The molecule has 1 amide bonds. The number of aromatic nitrogens is 2.